The molecule has 0 aliphatic heterocycles. The van der Waals surface area contributed by atoms with E-state index >= 15 is 0 Å². The Morgan fingerprint density at radius 3 is 2.50 bits per heavy atom. The van der Waals surface area contributed by atoms with Gasteiger partial charge in [0, 0.05) is 12.3 Å². The number of fused-ring (bicyclic) bond motifs is 1. The van der Waals surface area contributed by atoms with Crippen LogP contribution < -0.4 is 5.56 Å². The van der Waals surface area contributed by atoms with Crippen molar-refractivity contribution in [2.24, 2.45) is 0 Å². The fourth-order valence-electron chi connectivity index (χ4n) is 2.31. The molecule has 0 aliphatic rings. The number of benzene rings is 2. The average molecular weight is 235 g/mol. The normalized spacial score (nSPS) is 10.7. The fraction of sp³-hybridized carbons (Fsp3) is 0.0625. The van der Waals surface area contributed by atoms with Crippen LogP contribution in [0, 0.1) is 6.92 Å². The number of hydrogen-bond acceptors (Lipinski definition) is 1. The third-order valence-corrected chi connectivity index (χ3v) is 3.23. The van der Waals surface area contributed by atoms with Crippen molar-refractivity contribution < 1.29 is 0 Å². The van der Waals surface area contributed by atoms with Crippen molar-refractivity contribution in [1.29, 1.82) is 0 Å². The number of rotatable bonds is 1. The molecule has 0 spiro atoms. The predicted molar refractivity (Wildman–Crippen MR) is 74.7 cm³/mol. The summed E-state index contributed by atoms with van der Waals surface area (Å²) in [7, 11) is 0. The molecule has 88 valence electrons. The summed E-state index contributed by atoms with van der Waals surface area (Å²) in [6.07, 6.45) is 1.69. The van der Waals surface area contributed by atoms with Crippen molar-refractivity contribution in [2.45, 2.75) is 6.92 Å². The van der Waals surface area contributed by atoms with Gasteiger partial charge < -0.3 is 4.98 Å². The summed E-state index contributed by atoms with van der Waals surface area (Å²) >= 11 is 0. The Morgan fingerprint density at radius 2 is 1.72 bits per heavy atom. The minimum Gasteiger partial charge on any atom is -0.329 e. The van der Waals surface area contributed by atoms with Gasteiger partial charge in [-0.2, -0.15) is 0 Å². The van der Waals surface area contributed by atoms with Crippen LogP contribution in [-0.2, 0) is 0 Å². The summed E-state index contributed by atoms with van der Waals surface area (Å²) in [5.74, 6) is 0. The van der Waals surface area contributed by atoms with Crippen LogP contribution in [0.15, 0.2) is 59.5 Å². The van der Waals surface area contributed by atoms with E-state index in [-0.39, 0.29) is 5.56 Å². The van der Waals surface area contributed by atoms with Crippen molar-refractivity contribution in [3.8, 4) is 11.1 Å². The molecule has 0 bridgehead atoms. The second-order valence-electron chi connectivity index (χ2n) is 4.42. The first-order valence-electron chi connectivity index (χ1n) is 5.93. The topological polar surface area (TPSA) is 32.9 Å². The summed E-state index contributed by atoms with van der Waals surface area (Å²) < 4.78 is 0. The van der Waals surface area contributed by atoms with Crippen LogP contribution in [0.1, 0.15) is 5.56 Å². The maximum Gasteiger partial charge on any atom is 0.248 e. The van der Waals surface area contributed by atoms with Gasteiger partial charge in [-0.3, -0.25) is 4.79 Å². The highest BCUT2D eigenvalue weighted by molar-refractivity contribution is 5.98. The molecule has 1 aromatic heterocycles. The number of aryl methyl sites for hydroxylation is 1. The van der Waals surface area contributed by atoms with Crippen LogP contribution in [0.4, 0.5) is 0 Å². The van der Waals surface area contributed by atoms with Gasteiger partial charge >= 0.3 is 0 Å². The molecule has 0 atom stereocenters. The Labute approximate surface area is 105 Å². The summed E-state index contributed by atoms with van der Waals surface area (Å²) in [5.41, 5.74) is 3.23. The standard InChI is InChI=1S/C16H13NO/c1-11-6-7-14(12-8-9-17-16(18)10-12)15-5-3-2-4-13(11)15/h2-10H,1H3,(H,17,18). The van der Waals surface area contributed by atoms with Crippen molar-refractivity contribution in [3.63, 3.8) is 0 Å². The largest absolute Gasteiger partial charge is 0.329 e. The van der Waals surface area contributed by atoms with E-state index in [1.165, 1.54) is 16.3 Å². The van der Waals surface area contributed by atoms with Gasteiger partial charge in [-0.05, 0) is 40.5 Å². The Morgan fingerprint density at radius 1 is 0.944 bits per heavy atom. The quantitative estimate of drug-likeness (QED) is 0.688. The average Bonchev–Trinajstić information content (AvgIpc) is 2.39. The Bertz CT molecular complexity index is 771. The molecule has 0 radical (unpaired) electrons. The molecule has 3 rings (SSSR count). The van der Waals surface area contributed by atoms with Gasteiger partial charge in [0.1, 0.15) is 0 Å². The maximum absolute atomic E-state index is 11.4. The molecule has 0 saturated heterocycles. The summed E-state index contributed by atoms with van der Waals surface area (Å²) in [4.78, 5) is 14.1. The molecule has 2 heteroatoms. The minimum atomic E-state index is -0.0721. The molecule has 0 amide bonds. The molecule has 18 heavy (non-hydrogen) atoms. The van der Waals surface area contributed by atoms with E-state index in [0.717, 1.165) is 11.1 Å². The van der Waals surface area contributed by atoms with E-state index in [4.69, 9.17) is 0 Å². The van der Waals surface area contributed by atoms with Crippen molar-refractivity contribution >= 4 is 10.8 Å². The zero-order valence-corrected chi connectivity index (χ0v) is 10.1. The maximum atomic E-state index is 11.4. The van der Waals surface area contributed by atoms with Crippen molar-refractivity contribution in [3.05, 3.63) is 70.6 Å². The van der Waals surface area contributed by atoms with E-state index < -0.39 is 0 Å². The first-order valence-corrected chi connectivity index (χ1v) is 5.93. The van der Waals surface area contributed by atoms with Gasteiger partial charge in [-0.25, -0.2) is 0 Å². The van der Waals surface area contributed by atoms with Gasteiger partial charge in [-0.1, -0.05) is 36.4 Å². The third-order valence-electron chi connectivity index (χ3n) is 3.23. The fourth-order valence-corrected chi connectivity index (χ4v) is 2.31. The molecule has 0 aliphatic carbocycles. The first-order chi connectivity index (χ1) is 8.75. The number of pyridine rings is 1. The SMILES string of the molecule is Cc1ccc(-c2cc[nH]c(=O)c2)c2ccccc12. The Kier molecular flexibility index (Phi) is 2.49. The lowest BCUT2D eigenvalue weighted by atomic mass is 9.96. The highest BCUT2D eigenvalue weighted by atomic mass is 16.1. The van der Waals surface area contributed by atoms with Crippen LogP contribution in [0.2, 0.25) is 0 Å². The van der Waals surface area contributed by atoms with Crippen LogP contribution in [0.25, 0.3) is 21.9 Å². The second kappa shape index (κ2) is 4.15. The smallest absolute Gasteiger partial charge is 0.248 e. The van der Waals surface area contributed by atoms with Crippen molar-refractivity contribution in [1.82, 2.24) is 4.98 Å². The lowest BCUT2D eigenvalue weighted by Crippen LogP contribution is -2.02. The molecule has 3 aromatic rings. The van der Waals surface area contributed by atoms with E-state index in [1.54, 1.807) is 12.3 Å². The molecular formula is C16H13NO. The molecule has 0 unspecified atom stereocenters. The van der Waals surface area contributed by atoms with Crippen LogP contribution in [0.3, 0.4) is 0 Å². The summed E-state index contributed by atoms with van der Waals surface area (Å²) in [6, 6.07) is 16.0. The zero-order chi connectivity index (χ0) is 12.5. The highest BCUT2D eigenvalue weighted by Crippen LogP contribution is 2.29. The molecule has 0 fully saturated rings. The summed E-state index contributed by atoms with van der Waals surface area (Å²) in [6.45, 7) is 2.10. The monoisotopic (exact) mass is 235 g/mol. The lowest BCUT2D eigenvalue weighted by molar-refractivity contribution is 1.24. The molecule has 1 heterocycles. The lowest BCUT2D eigenvalue weighted by Gasteiger charge is -2.08. The van der Waals surface area contributed by atoms with E-state index in [9.17, 15) is 4.79 Å². The third kappa shape index (κ3) is 1.72. The molecule has 2 nitrogen and oxygen atoms in total. The first kappa shape index (κ1) is 10.8. The Hall–Kier alpha value is -2.35. The zero-order valence-electron chi connectivity index (χ0n) is 10.1. The predicted octanol–water partition coefficient (Wildman–Crippen LogP) is 3.50. The molecule has 1 N–H and O–H groups in total. The van der Waals surface area contributed by atoms with Gasteiger partial charge in [-0.15, -0.1) is 0 Å². The second-order valence-corrected chi connectivity index (χ2v) is 4.42. The molecular weight excluding hydrogens is 222 g/mol. The van der Waals surface area contributed by atoms with Crippen molar-refractivity contribution in [2.75, 3.05) is 0 Å². The van der Waals surface area contributed by atoms with Crippen LogP contribution >= 0.6 is 0 Å². The van der Waals surface area contributed by atoms with Gasteiger partial charge in [0.05, 0.1) is 0 Å². The van der Waals surface area contributed by atoms with E-state index in [2.05, 4.69) is 36.2 Å². The van der Waals surface area contributed by atoms with Gasteiger partial charge in [0.25, 0.3) is 0 Å². The minimum absolute atomic E-state index is 0.0721. The number of hydrogen-bond donors (Lipinski definition) is 1. The number of aromatic nitrogens is 1. The summed E-state index contributed by atoms with van der Waals surface area (Å²) in [5, 5.41) is 2.42. The number of H-pyrrole nitrogens is 1. The van der Waals surface area contributed by atoms with Crippen LogP contribution in [0.5, 0.6) is 0 Å². The van der Waals surface area contributed by atoms with Gasteiger partial charge in [0.15, 0.2) is 0 Å². The highest BCUT2D eigenvalue weighted by Gasteiger charge is 2.05. The van der Waals surface area contributed by atoms with E-state index in [1.807, 2.05) is 18.2 Å². The van der Waals surface area contributed by atoms with Crippen LogP contribution in [-0.4, -0.2) is 4.98 Å². The molecule has 0 saturated carbocycles. The number of nitrogens with one attached hydrogen (secondary N) is 1. The number of aromatic amines is 1. The van der Waals surface area contributed by atoms with E-state index in [0.29, 0.717) is 0 Å². The Balaban J connectivity index is 2.37. The molecule has 2 aromatic carbocycles. The van der Waals surface area contributed by atoms with Gasteiger partial charge in [0.2, 0.25) is 5.56 Å².